The molecule has 0 aromatic heterocycles. The number of hydrogen-bond donors (Lipinski definition) is 0. The summed E-state index contributed by atoms with van der Waals surface area (Å²) < 4.78 is 0. The van der Waals surface area contributed by atoms with E-state index in [-0.39, 0.29) is 5.41 Å². The molecule has 1 aromatic carbocycles. The fourth-order valence-electron chi connectivity index (χ4n) is 2.10. The van der Waals surface area contributed by atoms with E-state index in [2.05, 4.69) is 48.0 Å². The number of nitrogens with zero attached hydrogens (tertiary/aromatic N) is 1. The van der Waals surface area contributed by atoms with Gasteiger partial charge in [-0.3, -0.25) is 0 Å². The largest absolute Gasteiger partial charge is 0.197 e. The van der Waals surface area contributed by atoms with Crippen LogP contribution >= 0.6 is 15.9 Å². The maximum atomic E-state index is 9.56. The van der Waals surface area contributed by atoms with Crippen LogP contribution in [-0.2, 0) is 5.41 Å². The molecular formula is C14H18BrN. The Morgan fingerprint density at radius 2 is 1.94 bits per heavy atom. The molecule has 0 aliphatic rings. The van der Waals surface area contributed by atoms with E-state index in [0.717, 1.165) is 23.7 Å². The van der Waals surface area contributed by atoms with Gasteiger partial charge < -0.3 is 0 Å². The van der Waals surface area contributed by atoms with Crippen molar-refractivity contribution in [3.63, 3.8) is 0 Å². The van der Waals surface area contributed by atoms with Crippen LogP contribution in [0.1, 0.15) is 32.3 Å². The van der Waals surface area contributed by atoms with Crippen LogP contribution in [0, 0.1) is 17.2 Å². The maximum Gasteiger partial charge on any atom is 0.0845 e. The van der Waals surface area contributed by atoms with Crippen molar-refractivity contribution in [2.24, 2.45) is 5.92 Å². The third kappa shape index (κ3) is 2.65. The molecule has 0 bridgehead atoms. The zero-order valence-electron chi connectivity index (χ0n) is 9.91. The number of benzene rings is 1. The molecule has 1 aromatic rings. The smallest absolute Gasteiger partial charge is 0.0845 e. The van der Waals surface area contributed by atoms with E-state index in [9.17, 15) is 5.26 Å². The third-order valence-corrected chi connectivity index (χ3v) is 3.74. The highest BCUT2D eigenvalue weighted by Gasteiger charge is 2.34. The van der Waals surface area contributed by atoms with E-state index < -0.39 is 0 Å². The van der Waals surface area contributed by atoms with Crippen molar-refractivity contribution in [2.45, 2.75) is 32.1 Å². The first kappa shape index (κ1) is 13.3. The average molecular weight is 280 g/mol. The molecule has 0 fully saturated rings. The van der Waals surface area contributed by atoms with Crippen LogP contribution in [-0.4, -0.2) is 5.33 Å². The van der Waals surface area contributed by atoms with E-state index in [1.54, 1.807) is 0 Å². The van der Waals surface area contributed by atoms with Crippen molar-refractivity contribution in [1.82, 2.24) is 0 Å². The first-order chi connectivity index (χ1) is 7.67. The molecule has 0 saturated heterocycles. The minimum absolute atomic E-state index is 0.332. The normalized spacial score (nSPS) is 14.4. The van der Waals surface area contributed by atoms with Crippen LogP contribution in [0.15, 0.2) is 30.3 Å². The van der Waals surface area contributed by atoms with Gasteiger partial charge >= 0.3 is 0 Å². The molecular weight excluding hydrogens is 262 g/mol. The Bertz CT molecular complexity index is 353. The van der Waals surface area contributed by atoms with Gasteiger partial charge in [-0.25, -0.2) is 0 Å². The Morgan fingerprint density at radius 1 is 1.31 bits per heavy atom. The molecule has 0 N–H and O–H groups in total. The standard InChI is InChI=1S/C14H18BrN/c1-12(2)14(11-16,9-6-10-15)13-7-4-3-5-8-13/h3-5,7-8,12H,6,9-10H2,1-2H3. The zero-order valence-corrected chi connectivity index (χ0v) is 11.5. The molecule has 1 atom stereocenters. The summed E-state index contributed by atoms with van der Waals surface area (Å²) in [5, 5.41) is 10.5. The lowest BCUT2D eigenvalue weighted by molar-refractivity contribution is 0.366. The van der Waals surface area contributed by atoms with Crippen LogP contribution in [0.4, 0.5) is 0 Å². The Kier molecular flexibility index (Phi) is 5.02. The van der Waals surface area contributed by atoms with Crippen LogP contribution in [0.3, 0.4) is 0 Å². The molecule has 0 aliphatic carbocycles. The topological polar surface area (TPSA) is 23.8 Å². The second-order valence-corrected chi connectivity index (χ2v) is 5.19. The summed E-state index contributed by atoms with van der Waals surface area (Å²) in [5.74, 6) is 0.332. The predicted molar refractivity (Wildman–Crippen MR) is 71.6 cm³/mol. The molecule has 0 saturated carbocycles. The molecule has 0 spiro atoms. The molecule has 1 rings (SSSR count). The molecule has 16 heavy (non-hydrogen) atoms. The fraction of sp³-hybridized carbons (Fsp3) is 0.500. The highest BCUT2D eigenvalue weighted by molar-refractivity contribution is 9.09. The maximum absolute atomic E-state index is 9.56. The lowest BCUT2D eigenvalue weighted by Gasteiger charge is -2.31. The van der Waals surface area contributed by atoms with Crippen molar-refractivity contribution < 1.29 is 0 Å². The number of alkyl halides is 1. The summed E-state index contributed by atoms with van der Waals surface area (Å²) in [5.41, 5.74) is 0.808. The Morgan fingerprint density at radius 3 is 2.38 bits per heavy atom. The van der Waals surface area contributed by atoms with Crippen molar-refractivity contribution >= 4 is 15.9 Å². The van der Waals surface area contributed by atoms with Crippen molar-refractivity contribution in [3.8, 4) is 6.07 Å². The minimum Gasteiger partial charge on any atom is -0.197 e. The van der Waals surface area contributed by atoms with Gasteiger partial charge in [0, 0.05) is 5.33 Å². The second kappa shape index (κ2) is 6.06. The van der Waals surface area contributed by atoms with Gasteiger partial charge in [-0.1, -0.05) is 60.1 Å². The van der Waals surface area contributed by atoms with Crippen molar-refractivity contribution in [2.75, 3.05) is 5.33 Å². The van der Waals surface area contributed by atoms with Crippen molar-refractivity contribution in [1.29, 1.82) is 5.26 Å². The summed E-state index contributed by atoms with van der Waals surface area (Å²) >= 11 is 3.44. The molecule has 0 amide bonds. The minimum atomic E-state index is -0.338. The SMILES string of the molecule is CC(C)C(C#N)(CCCBr)c1ccccc1. The fourth-order valence-corrected chi connectivity index (χ4v) is 2.38. The van der Waals surface area contributed by atoms with Gasteiger partial charge in [-0.05, 0) is 24.3 Å². The first-order valence-electron chi connectivity index (χ1n) is 5.70. The number of hydrogen-bond acceptors (Lipinski definition) is 1. The van der Waals surface area contributed by atoms with Gasteiger partial charge in [0.2, 0.25) is 0 Å². The van der Waals surface area contributed by atoms with Crippen LogP contribution in [0.5, 0.6) is 0 Å². The number of nitriles is 1. The van der Waals surface area contributed by atoms with Crippen LogP contribution < -0.4 is 0 Å². The molecule has 0 aliphatic heterocycles. The molecule has 0 heterocycles. The van der Waals surface area contributed by atoms with E-state index >= 15 is 0 Å². The van der Waals surface area contributed by atoms with Crippen LogP contribution in [0.2, 0.25) is 0 Å². The monoisotopic (exact) mass is 279 g/mol. The second-order valence-electron chi connectivity index (χ2n) is 4.40. The molecule has 86 valence electrons. The number of halogens is 1. The summed E-state index contributed by atoms with van der Waals surface area (Å²) in [6, 6.07) is 12.7. The van der Waals surface area contributed by atoms with Gasteiger partial charge in [0.05, 0.1) is 11.5 Å². The Balaban J connectivity index is 3.09. The van der Waals surface area contributed by atoms with Gasteiger partial charge in [0.1, 0.15) is 0 Å². The van der Waals surface area contributed by atoms with E-state index in [4.69, 9.17) is 0 Å². The molecule has 2 heteroatoms. The average Bonchev–Trinajstić information content (AvgIpc) is 2.31. The third-order valence-electron chi connectivity index (χ3n) is 3.18. The molecule has 0 radical (unpaired) electrons. The summed E-state index contributed by atoms with van der Waals surface area (Å²) in [6.45, 7) is 4.26. The number of rotatable bonds is 5. The first-order valence-corrected chi connectivity index (χ1v) is 6.82. The van der Waals surface area contributed by atoms with Gasteiger partial charge in [0.25, 0.3) is 0 Å². The highest BCUT2D eigenvalue weighted by Crippen LogP contribution is 2.36. The molecule has 1 nitrogen and oxygen atoms in total. The Labute approximate surface area is 107 Å². The van der Waals surface area contributed by atoms with Gasteiger partial charge in [0.15, 0.2) is 0 Å². The van der Waals surface area contributed by atoms with Crippen LogP contribution in [0.25, 0.3) is 0 Å². The van der Waals surface area contributed by atoms with Gasteiger partial charge in [-0.2, -0.15) is 5.26 Å². The van der Waals surface area contributed by atoms with Crippen molar-refractivity contribution in [3.05, 3.63) is 35.9 Å². The Hall–Kier alpha value is -0.810. The predicted octanol–water partition coefficient (Wildman–Crippen LogP) is 4.28. The molecule has 1 unspecified atom stereocenters. The lowest BCUT2D eigenvalue weighted by atomic mass is 9.70. The lowest BCUT2D eigenvalue weighted by Crippen LogP contribution is -2.30. The van der Waals surface area contributed by atoms with E-state index in [1.807, 2.05) is 18.2 Å². The summed E-state index contributed by atoms with van der Waals surface area (Å²) in [7, 11) is 0. The van der Waals surface area contributed by atoms with E-state index in [0.29, 0.717) is 5.92 Å². The zero-order chi connectivity index (χ0) is 12.0. The highest BCUT2D eigenvalue weighted by atomic mass is 79.9. The summed E-state index contributed by atoms with van der Waals surface area (Å²) in [6.07, 6.45) is 1.94. The van der Waals surface area contributed by atoms with E-state index in [1.165, 1.54) is 0 Å². The summed E-state index contributed by atoms with van der Waals surface area (Å²) in [4.78, 5) is 0. The quantitative estimate of drug-likeness (QED) is 0.738. The van der Waals surface area contributed by atoms with Gasteiger partial charge in [-0.15, -0.1) is 0 Å².